The Kier molecular flexibility index (Phi) is 3.52. The highest BCUT2D eigenvalue weighted by atomic mass is 16.5. The van der Waals surface area contributed by atoms with Gasteiger partial charge in [-0.25, -0.2) is 4.98 Å². The maximum absolute atomic E-state index is 9.51. The largest absolute Gasteiger partial charge is 0.485 e. The Morgan fingerprint density at radius 1 is 1.40 bits per heavy atom. The Labute approximate surface area is 89.9 Å². The molecule has 4 nitrogen and oxygen atoms in total. The smallest absolute Gasteiger partial charge is 0.256 e. The van der Waals surface area contributed by atoms with Crippen LogP contribution >= 0.6 is 0 Å². The summed E-state index contributed by atoms with van der Waals surface area (Å²) < 4.78 is 10.5. The lowest BCUT2D eigenvalue weighted by Crippen LogP contribution is -2.28. The van der Waals surface area contributed by atoms with Gasteiger partial charge in [0, 0.05) is 5.69 Å². The molecule has 15 heavy (non-hydrogen) atoms. The lowest BCUT2D eigenvalue weighted by molar-refractivity contribution is 0.0274. The number of hydrogen-bond acceptors (Lipinski definition) is 4. The summed E-state index contributed by atoms with van der Waals surface area (Å²) in [6.45, 7) is 5.44. The lowest BCUT2D eigenvalue weighted by Gasteiger charge is -2.18. The molecule has 0 amide bonds. The maximum atomic E-state index is 9.51. The van der Waals surface area contributed by atoms with Gasteiger partial charge in [0.05, 0.1) is 12.7 Å². The van der Waals surface area contributed by atoms with Gasteiger partial charge in [0.1, 0.15) is 6.61 Å². The van der Waals surface area contributed by atoms with Gasteiger partial charge in [0.25, 0.3) is 5.88 Å². The SMILES string of the molecule is COc1nc(C)ccc1OCC(C)(C)O. The zero-order valence-electron chi connectivity index (χ0n) is 9.57. The molecule has 0 saturated heterocycles. The van der Waals surface area contributed by atoms with Crippen molar-refractivity contribution in [3.8, 4) is 11.6 Å². The van der Waals surface area contributed by atoms with Crippen molar-refractivity contribution in [3.63, 3.8) is 0 Å². The molecule has 0 saturated carbocycles. The molecule has 0 bridgehead atoms. The van der Waals surface area contributed by atoms with E-state index in [2.05, 4.69) is 4.98 Å². The molecule has 0 unspecified atom stereocenters. The Bertz CT molecular complexity index is 331. The van der Waals surface area contributed by atoms with Gasteiger partial charge in [-0.1, -0.05) is 0 Å². The van der Waals surface area contributed by atoms with Crippen molar-refractivity contribution < 1.29 is 14.6 Å². The van der Waals surface area contributed by atoms with Gasteiger partial charge in [0.15, 0.2) is 5.75 Å². The van der Waals surface area contributed by atoms with Crippen LogP contribution in [0.4, 0.5) is 0 Å². The van der Waals surface area contributed by atoms with Crippen LogP contribution in [0, 0.1) is 6.92 Å². The Morgan fingerprint density at radius 2 is 2.07 bits per heavy atom. The Morgan fingerprint density at radius 3 is 2.60 bits per heavy atom. The minimum atomic E-state index is -0.865. The topological polar surface area (TPSA) is 51.6 Å². The number of methoxy groups -OCH3 is 1. The summed E-state index contributed by atoms with van der Waals surface area (Å²) in [5, 5.41) is 9.51. The Hall–Kier alpha value is -1.29. The summed E-state index contributed by atoms with van der Waals surface area (Å²) in [6, 6.07) is 3.62. The molecular weight excluding hydrogens is 194 g/mol. The second kappa shape index (κ2) is 4.49. The predicted octanol–water partition coefficient (Wildman–Crippen LogP) is 1.55. The minimum absolute atomic E-state index is 0.202. The van der Waals surface area contributed by atoms with Crippen LogP contribution in [0.3, 0.4) is 0 Å². The molecule has 0 aliphatic carbocycles. The van der Waals surface area contributed by atoms with Crippen molar-refractivity contribution in [1.29, 1.82) is 0 Å². The van der Waals surface area contributed by atoms with E-state index in [1.54, 1.807) is 27.0 Å². The van der Waals surface area contributed by atoms with Gasteiger partial charge < -0.3 is 14.6 Å². The lowest BCUT2D eigenvalue weighted by atomic mass is 10.2. The standard InChI is InChI=1S/C11H17NO3/c1-8-5-6-9(10(12-8)14-4)15-7-11(2,3)13/h5-6,13H,7H2,1-4H3. The van der Waals surface area contributed by atoms with E-state index in [9.17, 15) is 5.11 Å². The number of rotatable bonds is 4. The molecule has 0 aliphatic heterocycles. The second-order valence-corrected chi connectivity index (χ2v) is 4.06. The molecule has 1 aromatic heterocycles. The quantitative estimate of drug-likeness (QED) is 0.821. The summed E-state index contributed by atoms with van der Waals surface area (Å²) in [4.78, 5) is 4.16. The van der Waals surface area contributed by atoms with Crippen molar-refractivity contribution in [2.75, 3.05) is 13.7 Å². The third-order valence-corrected chi connectivity index (χ3v) is 1.74. The highest BCUT2D eigenvalue weighted by molar-refractivity contribution is 5.34. The zero-order chi connectivity index (χ0) is 11.5. The number of pyridine rings is 1. The average Bonchev–Trinajstić information content (AvgIpc) is 2.14. The van der Waals surface area contributed by atoms with Gasteiger partial charge in [0.2, 0.25) is 0 Å². The van der Waals surface area contributed by atoms with Gasteiger partial charge in [-0.3, -0.25) is 0 Å². The molecule has 1 aromatic rings. The first-order chi connectivity index (χ1) is 6.92. The minimum Gasteiger partial charge on any atom is -0.485 e. The second-order valence-electron chi connectivity index (χ2n) is 4.06. The molecule has 0 spiro atoms. The molecule has 4 heteroatoms. The molecule has 1 rings (SSSR count). The van der Waals surface area contributed by atoms with E-state index in [0.29, 0.717) is 11.6 Å². The normalized spacial score (nSPS) is 11.3. The number of aliphatic hydroxyl groups is 1. The monoisotopic (exact) mass is 211 g/mol. The fourth-order valence-corrected chi connectivity index (χ4v) is 1.03. The third-order valence-electron chi connectivity index (χ3n) is 1.74. The summed E-state index contributed by atoms with van der Waals surface area (Å²) in [6.07, 6.45) is 0. The van der Waals surface area contributed by atoms with Crippen molar-refractivity contribution >= 4 is 0 Å². The van der Waals surface area contributed by atoms with Crippen LogP contribution in [0.25, 0.3) is 0 Å². The molecular formula is C11H17NO3. The highest BCUT2D eigenvalue weighted by Gasteiger charge is 2.15. The van der Waals surface area contributed by atoms with Crippen LogP contribution in [-0.4, -0.2) is 29.4 Å². The molecule has 0 radical (unpaired) electrons. The van der Waals surface area contributed by atoms with E-state index in [1.807, 2.05) is 13.0 Å². The fraction of sp³-hybridized carbons (Fsp3) is 0.545. The number of aromatic nitrogens is 1. The third kappa shape index (κ3) is 3.75. The average molecular weight is 211 g/mol. The first-order valence-corrected chi connectivity index (χ1v) is 4.79. The number of ether oxygens (including phenoxy) is 2. The van der Waals surface area contributed by atoms with E-state index in [-0.39, 0.29) is 6.61 Å². The van der Waals surface area contributed by atoms with E-state index in [1.165, 1.54) is 0 Å². The number of nitrogens with zero attached hydrogens (tertiary/aromatic N) is 1. The maximum Gasteiger partial charge on any atom is 0.256 e. The van der Waals surface area contributed by atoms with Gasteiger partial charge in [-0.05, 0) is 32.9 Å². The zero-order valence-corrected chi connectivity index (χ0v) is 9.57. The van der Waals surface area contributed by atoms with Crippen molar-refractivity contribution in [3.05, 3.63) is 17.8 Å². The first-order valence-electron chi connectivity index (χ1n) is 4.79. The van der Waals surface area contributed by atoms with Crippen molar-refractivity contribution in [2.45, 2.75) is 26.4 Å². The number of hydrogen-bond donors (Lipinski definition) is 1. The Balaban J connectivity index is 2.76. The molecule has 0 atom stereocenters. The fourth-order valence-electron chi connectivity index (χ4n) is 1.03. The predicted molar refractivity (Wildman–Crippen MR) is 57.3 cm³/mol. The van der Waals surface area contributed by atoms with Crippen LogP contribution in [0.5, 0.6) is 11.6 Å². The summed E-state index contributed by atoms with van der Waals surface area (Å²) >= 11 is 0. The van der Waals surface area contributed by atoms with Gasteiger partial charge >= 0.3 is 0 Å². The van der Waals surface area contributed by atoms with Gasteiger partial charge in [-0.15, -0.1) is 0 Å². The van der Waals surface area contributed by atoms with Crippen LogP contribution < -0.4 is 9.47 Å². The van der Waals surface area contributed by atoms with Crippen LogP contribution in [0.2, 0.25) is 0 Å². The van der Waals surface area contributed by atoms with E-state index < -0.39 is 5.60 Å². The summed E-state index contributed by atoms with van der Waals surface area (Å²) in [5.74, 6) is 0.990. The molecule has 84 valence electrons. The highest BCUT2D eigenvalue weighted by Crippen LogP contribution is 2.25. The molecule has 0 aromatic carbocycles. The van der Waals surface area contributed by atoms with Crippen LogP contribution in [0.1, 0.15) is 19.5 Å². The number of aryl methyl sites for hydroxylation is 1. The molecule has 0 fully saturated rings. The summed E-state index contributed by atoms with van der Waals surface area (Å²) in [5.41, 5.74) is -0.00179. The van der Waals surface area contributed by atoms with E-state index >= 15 is 0 Å². The van der Waals surface area contributed by atoms with Crippen molar-refractivity contribution in [1.82, 2.24) is 4.98 Å². The molecule has 1 heterocycles. The van der Waals surface area contributed by atoms with E-state index in [0.717, 1.165) is 5.69 Å². The van der Waals surface area contributed by atoms with Crippen LogP contribution in [0.15, 0.2) is 12.1 Å². The van der Waals surface area contributed by atoms with Gasteiger partial charge in [-0.2, -0.15) is 0 Å². The molecule has 1 N–H and O–H groups in total. The van der Waals surface area contributed by atoms with Crippen LogP contribution in [-0.2, 0) is 0 Å². The van der Waals surface area contributed by atoms with E-state index in [4.69, 9.17) is 9.47 Å². The summed E-state index contributed by atoms with van der Waals surface area (Å²) in [7, 11) is 1.54. The van der Waals surface area contributed by atoms with Crippen molar-refractivity contribution in [2.24, 2.45) is 0 Å². The first kappa shape index (κ1) is 11.8. The molecule has 0 aliphatic rings.